The van der Waals surface area contributed by atoms with Crippen molar-refractivity contribution in [3.8, 4) is 5.75 Å². The second-order valence-corrected chi connectivity index (χ2v) is 8.62. The molecule has 0 aliphatic rings. The highest BCUT2D eigenvalue weighted by Gasteiger charge is 2.27. The van der Waals surface area contributed by atoms with Crippen LogP contribution in [0.3, 0.4) is 0 Å². The van der Waals surface area contributed by atoms with Gasteiger partial charge in [0.05, 0.1) is 6.42 Å². The molecule has 4 nitrogen and oxygen atoms in total. The smallest absolute Gasteiger partial charge is 0.420 e. The number of hydrogen-bond donors (Lipinski definition) is 1. The predicted molar refractivity (Wildman–Crippen MR) is 129 cm³/mol. The highest BCUT2D eigenvalue weighted by Crippen LogP contribution is 2.34. The minimum atomic E-state index is -3.79. The quantitative estimate of drug-likeness (QED) is 0.221. The summed E-state index contributed by atoms with van der Waals surface area (Å²) in [5, 5.41) is 3.93. The molecule has 0 aliphatic carbocycles. The van der Waals surface area contributed by atoms with E-state index in [0.29, 0.717) is 12.2 Å². The van der Waals surface area contributed by atoms with Crippen LogP contribution in [0.15, 0.2) is 83.8 Å². The Hall–Kier alpha value is -3.03. The number of anilines is 1. The lowest BCUT2D eigenvalue weighted by atomic mass is 10.2. The molecule has 1 heterocycles. The molecule has 1 N–H and O–H groups in total. The fourth-order valence-corrected chi connectivity index (χ4v) is 4.67. The van der Waals surface area contributed by atoms with E-state index in [1.54, 1.807) is 11.8 Å². The highest BCUT2D eigenvalue weighted by atomic mass is 35.5. The zero-order valence-corrected chi connectivity index (χ0v) is 19.3. The number of aromatic nitrogens is 1. The van der Waals surface area contributed by atoms with Crippen molar-refractivity contribution < 1.29 is 18.3 Å². The van der Waals surface area contributed by atoms with Crippen LogP contribution in [0.5, 0.6) is 5.75 Å². The van der Waals surface area contributed by atoms with Gasteiger partial charge in [-0.15, -0.1) is 20.5 Å². The molecule has 0 unspecified atom stereocenters. The first kappa shape index (κ1) is 23.1. The molecule has 4 aromatic rings. The molecule has 0 fully saturated rings. The topological polar surface area (TPSA) is 43.3 Å². The van der Waals surface area contributed by atoms with Crippen LogP contribution >= 0.6 is 23.4 Å². The molecular formula is C25H21ClF2N2O2S. The van der Waals surface area contributed by atoms with Crippen LogP contribution in [0.2, 0.25) is 0 Å². The molecule has 4 rings (SSSR count). The summed E-state index contributed by atoms with van der Waals surface area (Å²) in [4.78, 5) is 14.0. The van der Waals surface area contributed by atoms with Crippen LogP contribution in [-0.4, -0.2) is 22.3 Å². The summed E-state index contributed by atoms with van der Waals surface area (Å²) in [6, 6.07) is 23.8. The molecule has 0 atom stereocenters. The number of rotatable bonds is 8. The Kier molecular flexibility index (Phi) is 6.91. The van der Waals surface area contributed by atoms with Gasteiger partial charge in [-0.3, -0.25) is 4.79 Å². The summed E-state index contributed by atoms with van der Waals surface area (Å²) in [5.74, 6) is -0.306. The average Bonchev–Trinajstić information content (AvgIpc) is 3.07. The third kappa shape index (κ3) is 5.67. The number of benzene rings is 3. The molecule has 0 spiro atoms. The number of nitrogens with zero attached hydrogens (tertiary/aromatic N) is 1. The molecule has 33 heavy (non-hydrogen) atoms. The van der Waals surface area contributed by atoms with Gasteiger partial charge < -0.3 is 14.6 Å². The first-order valence-corrected chi connectivity index (χ1v) is 11.8. The Morgan fingerprint density at radius 3 is 2.36 bits per heavy atom. The van der Waals surface area contributed by atoms with Crippen LogP contribution in [0, 0.1) is 0 Å². The van der Waals surface area contributed by atoms with Crippen LogP contribution in [0.1, 0.15) is 11.3 Å². The normalized spacial score (nSPS) is 11.5. The first-order chi connectivity index (χ1) is 15.8. The average molecular weight is 487 g/mol. The molecule has 0 saturated heterocycles. The Bertz CT molecular complexity index is 1260. The Morgan fingerprint density at radius 1 is 1.03 bits per heavy atom. The lowest BCUT2D eigenvalue weighted by Gasteiger charge is -2.13. The molecule has 1 amide bonds. The van der Waals surface area contributed by atoms with E-state index < -0.39 is 5.57 Å². The minimum Gasteiger partial charge on any atom is -0.420 e. The van der Waals surface area contributed by atoms with Crippen molar-refractivity contribution in [3.63, 3.8) is 0 Å². The fraction of sp³-hybridized carbons (Fsp3) is 0.160. The highest BCUT2D eigenvalue weighted by molar-refractivity contribution is 7.98. The molecule has 0 saturated carbocycles. The lowest BCUT2D eigenvalue weighted by Crippen LogP contribution is -2.18. The van der Waals surface area contributed by atoms with Gasteiger partial charge in [0.1, 0.15) is 5.75 Å². The summed E-state index contributed by atoms with van der Waals surface area (Å²) in [7, 11) is 0. The van der Waals surface area contributed by atoms with E-state index in [2.05, 4.69) is 38.9 Å². The zero-order valence-electron chi connectivity index (χ0n) is 17.7. The molecule has 0 bridgehead atoms. The van der Waals surface area contributed by atoms with Crippen molar-refractivity contribution in [1.82, 2.24) is 4.57 Å². The summed E-state index contributed by atoms with van der Waals surface area (Å²) in [5.41, 5.74) is -0.185. The SMILES string of the molecule is CSc1c(CC(=O)Nc2ccc(OC(F)(F)Cl)cc2)n(Cc2ccccc2)c2ccccc12. The van der Waals surface area contributed by atoms with E-state index in [1.165, 1.54) is 24.3 Å². The fourth-order valence-electron chi connectivity index (χ4n) is 3.77. The van der Waals surface area contributed by atoms with Crippen molar-refractivity contribution in [1.29, 1.82) is 0 Å². The number of ether oxygens (including phenoxy) is 1. The Morgan fingerprint density at radius 2 is 1.70 bits per heavy atom. The maximum absolute atomic E-state index is 12.9. The summed E-state index contributed by atoms with van der Waals surface area (Å²) < 4.78 is 32.1. The van der Waals surface area contributed by atoms with E-state index in [0.717, 1.165) is 27.1 Å². The molecule has 8 heteroatoms. The zero-order chi connectivity index (χ0) is 23.4. The third-order valence-corrected chi connectivity index (χ3v) is 6.06. The van der Waals surface area contributed by atoms with E-state index in [-0.39, 0.29) is 18.1 Å². The standard InChI is InChI=1S/C25H21ClF2N2O2S/c1-33-24-20-9-5-6-10-21(20)30(16-17-7-3-2-4-8-17)22(24)15-23(31)29-18-11-13-19(14-12-18)32-25(26,27)28/h2-14H,15-16H2,1H3,(H,29,31). The Labute approximate surface area is 199 Å². The van der Waals surface area contributed by atoms with Crippen LogP contribution in [0.25, 0.3) is 10.9 Å². The Balaban J connectivity index is 1.59. The van der Waals surface area contributed by atoms with Gasteiger partial charge in [-0.25, -0.2) is 0 Å². The van der Waals surface area contributed by atoms with E-state index in [9.17, 15) is 13.6 Å². The number of thioether (sulfide) groups is 1. The van der Waals surface area contributed by atoms with Gasteiger partial charge in [0, 0.05) is 45.3 Å². The van der Waals surface area contributed by atoms with Gasteiger partial charge in [-0.1, -0.05) is 48.5 Å². The number of alkyl halides is 3. The molecular weight excluding hydrogens is 466 g/mol. The van der Waals surface area contributed by atoms with Crippen molar-refractivity contribution in [2.45, 2.75) is 23.4 Å². The number of carbonyl (C=O) groups is 1. The third-order valence-electron chi connectivity index (χ3n) is 5.11. The largest absolute Gasteiger partial charge is 0.487 e. The van der Waals surface area contributed by atoms with Crippen molar-refractivity contribution >= 4 is 45.9 Å². The summed E-state index contributed by atoms with van der Waals surface area (Å²) in [6.07, 6.45) is 2.16. The molecule has 0 radical (unpaired) electrons. The van der Waals surface area contributed by atoms with Gasteiger partial charge in [0.2, 0.25) is 5.91 Å². The second kappa shape index (κ2) is 9.85. The number of halogens is 3. The van der Waals surface area contributed by atoms with Crippen molar-refractivity contribution in [3.05, 3.63) is 90.1 Å². The maximum Gasteiger partial charge on any atom is 0.487 e. The van der Waals surface area contributed by atoms with Crippen LogP contribution in [-0.2, 0) is 17.8 Å². The number of carbonyl (C=O) groups excluding carboxylic acids is 1. The van der Waals surface area contributed by atoms with E-state index in [4.69, 9.17) is 11.6 Å². The summed E-state index contributed by atoms with van der Waals surface area (Å²) >= 11 is 6.40. The summed E-state index contributed by atoms with van der Waals surface area (Å²) in [6.45, 7) is 0.642. The molecule has 3 aromatic carbocycles. The van der Waals surface area contributed by atoms with Crippen molar-refractivity contribution in [2.75, 3.05) is 11.6 Å². The number of fused-ring (bicyclic) bond motifs is 1. The number of nitrogens with one attached hydrogen (secondary N) is 1. The van der Waals surface area contributed by atoms with Crippen LogP contribution < -0.4 is 10.1 Å². The van der Waals surface area contributed by atoms with Gasteiger partial charge in [0.25, 0.3) is 0 Å². The number of amides is 1. The number of para-hydroxylation sites is 1. The van der Waals surface area contributed by atoms with Crippen molar-refractivity contribution in [2.24, 2.45) is 0 Å². The molecule has 0 aliphatic heterocycles. The van der Waals surface area contributed by atoms with E-state index in [1.807, 2.05) is 36.6 Å². The number of hydrogen-bond acceptors (Lipinski definition) is 3. The minimum absolute atomic E-state index is 0.0966. The van der Waals surface area contributed by atoms with Gasteiger partial charge in [0.15, 0.2) is 0 Å². The maximum atomic E-state index is 12.9. The van der Waals surface area contributed by atoms with Crippen LogP contribution in [0.4, 0.5) is 14.5 Å². The second-order valence-electron chi connectivity index (χ2n) is 7.37. The molecule has 1 aromatic heterocycles. The predicted octanol–water partition coefficient (Wildman–Crippen LogP) is 6.76. The first-order valence-electron chi connectivity index (χ1n) is 10.2. The molecule has 170 valence electrons. The van der Waals surface area contributed by atoms with Gasteiger partial charge >= 0.3 is 5.57 Å². The van der Waals surface area contributed by atoms with Gasteiger partial charge in [-0.2, -0.15) is 0 Å². The monoisotopic (exact) mass is 486 g/mol. The lowest BCUT2D eigenvalue weighted by molar-refractivity contribution is -0.115. The van der Waals surface area contributed by atoms with Gasteiger partial charge in [-0.05, 0) is 42.2 Å². The van der Waals surface area contributed by atoms with E-state index >= 15 is 0 Å².